The number of aromatic nitrogens is 2. The Morgan fingerprint density at radius 3 is 2.86 bits per heavy atom. The third-order valence-corrected chi connectivity index (χ3v) is 2.00. The van der Waals surface area contributed by atoms with Crippen molar-refractivity contribution in [2.24, 2.45) is 0 Å². The average molecular weight is 217 g/mol. The van der Waals surface area contributed by atoms with Crippen LogP contribution in [0, 0.1) is 0 Å². The van der Waals surface area contributed by atoms with Crippen LogP contribution in [0.25, 0.3) is 0 Å². The van der Waals surface area contributed by atoms with Gasteiger partial charge in [0, 0.05) is 7.05 Å². The number of carbonyl (C=O) groups excluding carboxylic acids is 1. The van der Waals surface area contributed by atoms with Crippen molar-refractivity contribution in [3.05, 3.63) is 5.89 Å². The first-order valence-corrected chi connectivity index (χ1v) is 5.05. The van der Waals surface area contributed by atoms with E-state index in [0.29, 0.717) is 11.1 Å². The van der Waals surface area contributed by atoms with Crippen molar-refractivity contribution in [2.45, 2.75) is 11.8 Å². The van der Waals surface area contributed by atoms with Crippen molar-refractivity contribution in [3.63, 3.8) is 0 Å². The van der Waals surface area contributed by atoms with Gasteiger partial charge in [-0.1, -0.05) is 11.8 Å². The second-order valence-corrected chi connectivity index (χ2v) is 3.25. The monoisotopic (exact) mass is 217 g/mol. The van der Waals surface area contributed by atoms with Gasteiger partial charge < -0.3 is 14.1 Å². The van der Waals surface area contributed by atoms with E-state index in [2.05, 4.69) is 14.9 Å². The number of thioether (sulfide) groups is 1. The smallest absolute Gasteiger partial charge is 0.409 e. The normalized spacial score (nSPS) is 9.93. The Labute approximate surface area is 85.6 Å². The molecule has 1 aromatic heterocycles. The minimum Gasteiger partial charge on any atom is -0.453 e. The first-order valence-electron chi connectivity index (χ1n) is 3.82. The quantitative estimate of drug-likeness (QED) is 0.703. The van der Waals surface area contributed by atoms with Crippen molar-refractivity contribution < 1.29 is 13.9 Å². The first-order chi connectivity index (χ1) is 6.67. The van der Waals surface area contributed by atoms with Crippen LogP contribution in [0.4, 0.5) is 4.79 Å². The molecule has 0 aliphatic carbocycles. The molecule has 1 amide bonds. The zero-order valence-corrected chi connectivity index (χ0v) is 9.00. The van der Waals surface area contributed by atoms with E-state index >= 15 is 0 Å². The Balaban J connectivity index is 2.55. The molecule has 0 unspecified atom stereocenters. The third-order valence-electron chi connectivity index (χ3n) is 1.48. The predicted molar refractivity (Wildman–Crippen MR) is 50.0 cm³/mol. The molecule has 1 aromatic rings. The van der Waals surface area contributed by atoms with Gasteiger partial charge in [-0.2, -0.15) is 0 Å². The predicted octanol–water partition coefficient (Wildman–Crippen LogP) is 0.990. The van der Waals surface area contributed by atoms with Crippen molar-refractivity contribution in [3.8, 4) is 0 Å². The molecular formula is C7H11N3O3S. The number of ether oxygens (including phenoxy) is 1. The van der Waals surface area contributed by atoms with Gasteiger partial charge in [0.2, 0.25) is 5.89 Å². The van der Waals surface area contributed by atoms with Crippen LogP contribution in [0.3, 0.4) is 0 Å². The highest BCUT2D eigenvalue weighted by molar-refractivity contribution is 7.98. The van der Waals surface area contributed by atoms with Crippen molar-refractivity contribution in [1.29, 1.82) is 0 Å². The minimum absolute atomic E-state index is 0.250. The molecule has 0 radical (unpaired) electrons. The van der Waals surface area contributed by atoms with E-state index in [9.17, 15) is 4.79 Å². The largest absolute Gasteiger partial charge is 0.453 e. The van der Waals surface area contributed by atoms with Crippen LogP contribution in [0.1, 0.15) is 5.89 Å². The number of nitrogens with zero attached hydrogens (tertiary/aromatic N) is 3. The molecule has 0 fully saturated rings. The van der Waals surface area contributed by atoms with Crippen molar-refractivity contribution in [1.82, 2.24) is 15.1 Å². The summed E-state index contributed by atoms with van der Waals surface area (Å²) in [5, 5.41) is 7.98. The van der Waals surface area contributed by atoms with Gasteiger partial charge in [0.1, 0.15) is 6.54 Å². The topological polar surface area (TPSA) is 68.5 Å². The van der Waals surface area contributed by atoms with E-state index in [1.54, 1.807) is 7.05 Å². The summed E-state index contributed by atoms with van der Waals surface area (Å²) in [7, 11) is 2.91. The van der Waals surface area contributed by atoms with E-state index in [0.717, 1.165) is 0 Å². The number of carbonyl (C=O) groups is 1. The fourth-order valence-corrected chi connectivity index (χ4v) is 1.11. The SMILES string of the molecule is COC(=O)N(C)Cc1nnc(SC)o1. The molecule has 0 N–H and O–H groups in total. The Hall–Kier alpha value is -1.24. The Morgan fingerprint density at radius 1 is 1.64 bits per heavy atom. The third kappa shape index (κ3) is 2.63. The standard InChI is InChI=1S/C7H11N3O3S/c1-10(7(11)12-2)4-5-8-9-6(13-5)14-3/h4H2,1-3H3. The first kappa shape index (κ1) is 10.8. The molecule has 0 saturated carbocycles. The number of hydrogen-bond acceptors (Lipinski definition) is 6. The number of hydrogen-bond donors (Lipinski definition) is 0. The molecule has 0 aliphatic rings. The maximum Gasteiger partial charge on any atom is 0.409 e. The van der Waals surface area contributed by atoms with E-state index in [-0.39, 0.29) is 6.54 Å². The Morgan fingerprint density at radius 2 is 2.36 bits per heavy atom. The molecule has 0 spiro atoms. The number of amides is 1. The highest BCUT2D eigenvalue weighted by Crippen LogP contribution is 2.12. The second-order valence-electron chi connectivity index (χ2n) is 2.49. The zero-order valence-electron chi connectivity index (χ0n) is 8.18. The zero-order chi connectivity index (χ0) is 10.6. The second kappa shape index (κ2) is 4.85. The van der Waals surface area contributed by atoms with Crippen molar-refractivity contribution in [2.75, 3.05) is 20.4 Å². The lowest BCUT2D eigenvalue weighted by Gasteiger charge is -2.11. The van der Waals surface area contributed by atoms with Crippen LogP contribution >= 0.6 is 11.8 Å². The molecule has 14 heavy (non-hydrogen) atoms. The number of rotatable bonds is 3. The van der Waals surface area contributed by atoms with Gasteiger partial charge in [0.05, 0.1) is 7.11 Å². The summed E-state index contributed by atoms with van der Waals surface area (Å²) in [6, 6.07) is 0. The van der Waals surface area contributed by atoms with Gasteiger partial charge >= 0.3 is 6.09 Å². The summed E-state index contributed by atoms with van der Waals surface area (Å²) in [5.74, 6) is 0.391. The number of methoxy groups -OCH3 is 1. The molecule has 0 bridgehead atoms. The molecule has 0 aliphatic heterocycles. The Bertz CT molecular complexity index is 315. The molecular weight excluding hydrogens is 206 g/mol. The van der Waals surface area contributed by atoms with Crippen molar-refractivity contribution >= 4 is 17.9 Å². The molecule has 7 heteroatoms. The van der Waals surface area contributed by atoms with E-state index in [1.807, 2.05) is 6.26 Å². The van der Waals surface area contributed by atoms with Gasteiger partial charge in [0.15, 0.2) is 0 Å². The highest BCUT2D eigenvalue weighted by Gasteiger charge is 2.12. The molecule has 0 aromatic carbocycles. The van der Waals surface area contributed by atoms with Crippen LogP contribution in [-0.4, -0.2) is 41.6 Å². The molecule has 78 valence electrons. The van der Waals surface area contributed by atoms with Crippen LogP contribution < -0.4 is 0 Å². The van der Waals surface area contributed by atoms with Crippen LogP contribution in [-0.2, 0) is 11.3 Å². The molecule has 0 saturated heterocycles. The maximum absolute atomic E-state index is 11.0. The average Bonchev–Trinajstić information content (AvgIpc) is 2.64. The summed E-state index contributed by atoms with van der Waals surface area (Å²) in [6.45, 7) is 0.250. The lowest BCUT2D eigenvalue weighted by Crippen LogP contribution is -2.25. The maximum atomic E-state index is 11.0. The van der Waals surface area contributed by atoms with Gasteiger partial charge in [-0.3, -0.25) is 0 Å². The summed E-state index contributed by atoms with van der Waals surface area (Å²) in [5.41, 5.74) is 0. The fraction of sp³-hybridized carbons (Fsp3) is 0.571. The summed E-state index contributed by atoms with van der Waals surface area (Å²) < 4.78 is 9.70. The summed E-state index contributed by atoms with van der Waals surface area (Å²) in [6.07, 6.45) is 1.40. The fourth-order valence-electron chi connectivity index (χ4n) is 0.808. The van der Waals surface area contributed by atoms with Gasteiger partial charge in [0.25, 0.3) is 5.22 Å². The highest BCUT2D eigenvalue weighted by atomic mass is 32.2. The molecule has 6 nitrogen and oxygen atoms in total. The molecule has 0 atom stereocenters. The van der Waals surface area contributed by atoms with Crippen LogP contribution in [0.2, 0.25) is 0 Å². The van der Waals surface area contributed by atoms with Gasteiger partial charge in [-0.05, 0) is 6.26 Å². The van der Waals surface area contributed by atoms with Gasteiger partial charge in [-0.15, -0.1) is 10.2 Å². The lowest BCUT2D eigenvalue weighted by atomic mass is 10.6. The molecule has 1 rings (SSSR count). The minimum atomic E-state index is -0.436. The van der Waals surface area contributed by atoms with E-state index < -0.39 is 6.09 Å². The lowest BCUT2D eigenvalue weighted by molar-refractivity contribution is 0.127. The van der Waals surface area contributed by atoms with Crippen LogP contribution in [0.15, 0.2) is 9.64 Å². The van der Waals surface area contributed by atoms with E-state index in [1.165, 1.54) is 23.8 Å². The van der Waals surface area contributed by atoms with Crippen LogP contribution in [0.5, 0.6) is 0 Å². The molecule has 1 heterocycles. The Kier molecular flexibility index (Phi) is 3.75. The van der Waals surface area contributed by atoms with Gasteiger partial charge in [-0.25, -0.2) is 4.79 Å². The summed E-state index contributed by atoms with van der Waals surface area (Å²) >= 11 is 1.36. The summed E-state index contributed by atoms with van der Waals surface area (Å²) in [4.78, 5) is 12.3. The van der Waals surface area contributed by atoms with E-state index in [4.69, 9.17) is 4.42 Å².